The molecule has 122 valence electrons. The fraction of sp³-hybridized carbons (Fsp3) is 0.538. The third-order valence-electron chi connectivity index (χ3n) is 3.09. The van der Waals surface area contributed by atoms with Crippen molar-refractivity contribution in [2.45, 2.75) is 18.7 Å². The lowest BCUT2D eigenvalue weighted by Gasteiger charge is -2.18. The third kappa shape index (κ3) is 5.70. The molecule has 0 aliphatic heterocycles. The van der Waals surface area contributed by atoms with Crippen LogP contribution in [0.2, 0.25) is 0 Å². The van der Waals surface area contributed by atoms with Crippen LogP contribution in [-0.2, 0) is 10.0 Å². The molecule has 0 aromatic heterocycles. The van der Waals surface area contributed by atoms with Crippen molar-refractivity contribution in [3.63, 3.8) is 0 Å². The number of benzene rings is 1. The Morgan fingerprint density at radius 2 is 1.90 bits per heavy atom. The maximum Gasteiger partial charge on any atom is 0.244 e. The van der Waals surface area contributed by atoms with Gasteiger partial charge in [0.25, 0.3) is 0 Å². The molecule has 0 atom stereocenters. The van der Waals surface area contributed by atoms with Crippen LogP contribution in [0.1, 0.15) is 13.8 Å². The van der Waals surface area contributed by atoms with E-state index in [1.54, 1.807) is 6.07 Å². The summed E-state index contributed by atoms with van der Waals surface area (Å²) in [6, 6.07) is 4.49. The van der Waals surface area contributed by atoms with Crippen molar-refractivity contribution in [2.75, 3.05) is 39.0 Å². The number of nitrogens with one attached hydrogen (secondary N) is 1. The maximum atomic E-state index is 12.2. The predicted molar refractivity (Wildman–Crippen MR) is 87.6 cm³/mol. The van der Waals surface area contributed by atoms with Gasteiger partial charge in [-0.3, -0.25) is 0 Å². The summed E-state index contributed by atoms with van der Waals surface area (Å²) in [5.74, 6) is 0.250. The summed E-state index contributed by atoms with van der Waals surface area (Å²) < 4.78 is 32.1. The van der Waals surface area contributed by atoms with Gasteiger partial charge < -0.3 is 15.4 Å². The van der Waals surface area contributed by atoms with Gasteiger partial charge in [-0.25, -0.2) is 13.1 Å². The highest BCUT2D eigenvalue weighted by Gasteiger charge is 2.19. The Hall–Kier alpha value is -1.02. The number of methoxy groups -OCH3 is 1. The van der Waals surface area contributed by atoms with E-state index in [9.17, 15) is 8.42 Å². The fourth-order valence-electron chi connectivity index (χ4n) is 1.86. The van der Waals surface area contributed by atoms with Gasteiger partial charge in [0.1, 0.15) is 10.6 Å². The van der Waals surface area contributed by atoms with Crippen molar-refractivity contribution in [1.29, 1.82) is 0 Å². The normalized spacial score (nSPS) is 11.2. The summed E-state index contributed by atoms with van der Waals surface area (Å²) in [5.41, 5.74) is 6.08. The van der Waals surface area contributed by atoms with E-state index in [-0.39, 0.29) is 23.1 Å². The van der Waals surface area contributed by atoms with Crippen LogP contribution in [0.5, 0.6) is 5.75 Å². The first-order valence-electron chi connectivity index (χ1n) is 6.60. The number of sulfonamides is 1. The minimum Gasteiger partial charge on any atom is -0.495 e. The molecule has 0 unspecified atom stereocenters. The zero-order valence-corrected chi connectivity index (χ0v) is 14.3. The Morgan fingerprint density at radius 1 is 1.29 bits per heavy atom. The molecule has 1 rings (SSSR count). The van der Waals surface area contributed by atoms with E-state index in [2.05, 4.69) is 9.62 Å². The van der Waals surface area contributed by atoms with Gasteiger partial charge >= 0.3 is 0 Å². The van der Waals surface area contributed by atoms with Crippen LogP contribution in [0, 0.1) is 0 Å². The summed E-state index contributed by atoms with van der Waals surface area (Å²) in [6.45, 7) is 6.90. The lowest BCUT2D eigenvalue weighted by molar-refractivity contribution is 0.309. The molecule has 1 aromatic carbocycles. The van der Waals surface area contributed by atoms with Gasteiger partial charge in [0.05, 0.1) is 7.11 Å². The number of hydrogen-bond acceptors (Lipinski definition) is 5. The van der Waals surface area contributed by atoms with Gasteiger partial charge in [0, 0.05) is 24.8 Å². The first-order chi connectivity index (χ1) is 9.44. The smallest absolute Gasteiger partial charge is 0.244 e. The van der Waals surface area contributed by atoms with E-state index in [1.165, 1.54) is 19.2 Å². The van der Waals surface area contributed by atoms with Gasteiger partial charge in [-0.2, -0.15) is 0 Å². The van der Waals surface area contributed by atoms with Crippen LogP contribution in [0.4, 0.5) is 5.69 Å². The quantitative estimate of drug-likeness (QED) is 0.699. The Labute approximate surface area is 133 Å². The molecule has 21 heavy (non-hydrogen) atoms. The van der Waals surface area contributed by atoms with Crippen molar-refractivity contribution < 1.29 is 13.2 Å². The second kappa shape index (κ2) is 9.09. The maximum absolute atomic E-state index is 12.2. The van der Waals surface area contributed by atoms with Crippen LogP contribution in [0.15, 0.2) is 23.1 Å². The largest absolute Gasteiger partial charge is 0.495 e. The zero-order valence-electron chi connectivity index (χ0n) is 12.6. The standard InChI is InChI=1S/C13H23N3O3S.ClH/c1-4-16(5-2)9-8-15-20(17,18)13-7-6-11(14)10-12(13)19-3;/h6-7,10,15H,4-5,8-9,14H2,1-3H3;1H. The number of nitrogens with two attached hydrogens (primary N) is 1. The molecular weight excluding hydrogens is 314 g/mol. The minimum absolute atomic E-state index is 0. The van der Waals surface area contributed by atoms with Gasteiger partial charge in [-0.15, -0.1) is 12.4 Å². The van der Waals surface area contributed by atoms with E-state index in [4.69, 9.17) is 10.5 Å². The summed E-state index contributed by atoms with van der Waals surface area (Å²) in [5, 5.41) is 0. The summed E-state index contributed by atoms with van der Waals surface area (Å²) in [7, 11) is -2.17. The monoisotopic (exact) mass is 337 g/mol. The molecule has 0 saturated carbocycles. The SMILES string of the molecule is CCN(CC)CCNS(=O)(=O)c1ccc(N)cc1OC.Cl. The number of hydrogen-bond donors (Lipinski definition) is 2. The second-order valence-electron chi connectivity index (χ2n) is 4.33. The van der Waals surface area contributed by atoms with E-state index < -0.39 is 10.0 Å². The Bertz CT molecular complexity index is 533. The highest BCUT2D eigenvalue weighted by Crippen LogP contribution is 2.25. The molecule has 0 radical (unpaired) electrons. The number of anilines is 1. The Kier molecular flexibility index (Phi) is 8.65. The lowest BCUT2D eigenvalue weighted by Crippen LogP contribution is -2.34. The average molecular weight is 338 g/mol. The number of nitrogens with zero attached hydrogens (tertiary/aromatic N) is 1. The molecule has 6 nitrogen and oxygen atoms in total. The first kappa shape index (κ1) is 20.0. The third-order valence-corrected chi connectivity index (χ3v) is 4.59. The fourth-order valence-corrected chi connectivity index (χ4v) is 3.03. The predicted octanol–water partition coefficient (Wildman–Crippen LogP) is 1.32. The van der Waals surface area contributed by atoms with E-state index in [0.717, 1.165) is 13.1 Å². The Balaban J connectivity index is 0.00000400. The van der Waals surface area contributed by atoms with Crippen molar-refractivity contribution in [3.8, 4) is 5.75 Å². The number of rotatable bonds is 8. The topological polar surface area (TPSA) is 84.7 Å². The molecule has 0 saturated heterocycles. The Morgan fingerprint density at radius 3 is 2.43 bits per heavy atom. The van der Waals surface area contributed by atoms with E-state index in [0.29, 0.717) is 18.8 Å². The van der Waals surface area contributed by atoms with Gasteiger partial charge in [0.2, 0.25) is 10.0 Å². The minimum atomic E-state index is -3.59. The van der Waals surface area contributed by atoms with Crippen LogP contribution >= 0.6 is 12.4 Å². The molecule has 0 aliphatic rings. The van der Waals surface area contributed by atoms with Crippen molar-refractivity contribution >= 4 is 28.1 Å². The van der Waals surface area contributed by atoms with Crippen molar-refractivity contribution in [2.24, 2.45) is 0 Å². The first-order valence-corrected chi connectivity index (χ1v) is 8.08. The highest BCUT2D eigenvalue weighted by atomic mass is 35.5. The summed E-state index contributed by atoms with van der Waals surface area (Å²) >= 11 is 0. The molecule has 0 aliphatic carbocycles. The van der Waals surface area contributed by atoms with Crippen molar-refractivity contribution in [1.82, 2.24) is 9.62 Å². The van der Waals surface area contributed by atoms with E-state index >= 15 is 0 Å². The summed E-state index contributed by atoms with van der Waals surface area (Å²) in [4.78, 5) is 2.25. The van der Waals surface area contributed by atoms with Crippen LogP contribution in [-0.4, -0.2) is 46.6 Å². The molecule has 1 aromatic rings. The highest BCUT2D eigenvalue weighted by molar-refractivity contribution is 7.89. The molecule has 0 spiro atoms. The van der Waals surface area contributed by atoms with Gasteiger partial charge in [-0.05, 0) is 25.2 Å². The zero-order chi connectivity index (χ0) is 15.2. The molecule has 0 bridgehead atoms. The number of nitrogen functional groups attached to an aromatic ring is 1. The van der Waals surface area contributed by atoms with Gasteiger partial charge in [-0.1, -0.05) is 13.8 Å². The molecule has 0 heterocycles. The number of halogens is 1. The lowest BCUT2D eigenvalue weighted by atomic mass is 10.3. The molecule has 0 fully saturated rings. The van der Waals surface area contributed by atoms with E-state index in [1.807, 2.05) is 13.8 Å². The molecule has 8 heteroatoms. The molecule has 0 amide bonds. The van der Waals surface area contributed by atoms with Crippen LogP contribution in [0.3, 0.4) is 0 Å². The number of ether oxygens (including phenoxy) is 1. The number of likely N-dealkylation sites (N-methyl/N-ethyl adjacent to an activating group) is 1. The summed E-state index contributed by atoms with van der Waals surface area (Å²) in [6.07, 6.45) is 0. The molecular formula is C13H24ClN3O3S. The second-order valence-corrected chi connectivity index (χ2v) is 6.07. The van der Waals surface area contributed by atoms with Crippen molar-refractivity contribution in [3.05, 3.63) is 18.2 Å². The average Bonchev–Trinajstić information content (AvgIpc) is 2.43. The van der Waals surface area contributed by atoms with Crippen LogP contribution < -0.4 is 15.2 Å². The van der Waals surface area contributed by atoms with Crippen LogP contribution in [0.25, 0.3) is 0 Å². The van der Waals surface area contributed by atoms with Gasteiger partial charge in [0.15, 0.2) is 0 Å². The molecule has 3 N–H and O–H groups in total.